The molecular formula is C36H37Cl3N4O7S. The highest BCUT2D eigenvalue weighted by molar-refractivity contribution is 7.92. The van der Waals surface area contributed by atoms with E-state index in [1.54, 1.807) is 45.0 Å². The molecule has 2 amide bonds. The Balaban J connectivity index is 1.93. The van der Waals surface area contributed by atoms with Crippen molar-refractivity contribution in [3.63, 3.8) is 0 Å². The number of benzene rings is 4. The fourth-order valence-electron chi connectivity index (χ4n) is 5.29. The molecule has 1 N–H and O–H groups in total. The van der Waals surface area contributed by atoms with E-state index >= 15 is 0 Å². The average Bonchev–Trinajstić information content (AvgIpc) is 3.05. The monoisotopic (exact) mass is 774 g/mol. The lowest BCUT2D eigenvalue weighted by atomic mass is 10.0. The Morgan fingerprint density at radius 1 is 0.941 bits per heavy atom. The Labute approximate surface area is 312 Å². The molecule has 11 nitrogen and oxygen atoms in total. The van der Waals surface area contributed by atoms with Gasteiger partial charge < -0.3 is 15.0 Å². The van der Waals surface area contributed by atoms with E-state index < -0.39 is 55.5 Å². The molecule has 4 aromatic rings. The van der Waals surface area contributed by atoms with Crippen molar-refractivity contribution in [2.45, 2.75) is 57.1 Å². The molecule has 0 unspecified atom stereocenters. The number of halogens is 3. The first-order valence-corrected chi connectivity index (χ1v) is 18.2. The SMILES string of the molecule is COc1ccc(Cl)cc1N(CC(=O)N(Cc1ccc(Cl)cc1Cl)[C@H](Cc1ccccc1)C(=O)NC(C)(C)C)S(=O)(=O)c1ccc(C)c([N+](=O)[O-])c1. The third-order valence-corrected chi connectivity index (χ3v) is 10.4. The van der Waals surface area contributed by atoms with Crippen LogP contribution in [-0.2, 0) is 32.6 Å². The van der Waals surface area contributed by atoms with Gasteiger partial charge in [0.15, 0.2) is 0 Å². The molecule has 51 heavy (non-hydrogen) atoms. The molecule has 270 valence electrons. The highest BCUT2D eigenvalue weighted by Gasteiger charge is 2.37. The average molecular weight is 776 g/mol. The second kappa shape index (κ2) is 16.3. The number of nitro groups is 1. The molecule has 0 aliphatic carbocycles. The lowest BCUT2D eigenvalue weighted by molar-refractivity contribution is -0.385. The molecule has 0 saturated heterocycles. The van der Waals surface area contributed by atoms with Gasteiger partial charge in [-0.1, -0.05) is 77.3 Å². The maximum absolute atomic E-state index is 14.8. The Morgan fingerprint density at radius 3 is 2.20 bits per heavy atom. The predicted molar refractivity (Wildman–Crippen MR) is 199 cm³/mol. The molecule has 1 atom stereocenters. The molecule has 0 aliphatic heterocycles. The maximum atomic E-state index is 14.8. The summed E-state index contributed by atoms with van der Waals surface area (Å²) in [6.45, 7) is 5.80. The number of hydrogen-bond donors (Lipinski definition) is 1. The van der Waals surface area contributed by atoms with Crippen molar-refractivity contribution in [3.8, 4) is 5.75 Å². The summed E-state index contributed by atoms with van der Waals surface area (Å²) >= 11 is 19.1. The van der Waals surface area contributed by atoms with Crippen LogP contribution in [-0.4, -0.2) is 55.3 Å². The molecule has 4 aromatic carbocycles. The number of amides is 2. The largest absolute Gasteiger partial charge is 0.495 e. The van der Waals surface area contributed by atoms with Crippen molar-refractivity contribution in [2.75, 3.05) is 18.0 Å². The van der Waals surface area contributed by atoms with Gasteiger partial charge in [0.05, 0.1) is 22.6 Å². The van der Waals surface area contributed by atoms with Crippen molar-refractivity contribution < 1.29 is 27.7 Å². The maximum Gasteiger partial charge on any atom is 0.273 e. The lowest BCUT2D eigenvalue weighted by Crippen LogP contribution is -2.56. The normalized spacial score (nSPS) is 12.2. The van der Waals surface area contributed by atoms with E-state index in [9.17, 15) is 28.1 Å². The number of anilines is 1. The minimum absolute atomic E-state index is 0.0518. The zero-order valence-electron chi connectivity index (χ0n) is 28.5. The number of nitrogens with one attached hydrogen (secondary N) is 1. The van der Waals surface area contributed by atoms with Gasteiger partial charge in [0.1, 0.15) is 18.3 Å². The highest BCUT2D eigenvalue weighted by Crippen LogP contribution is 2.36. The summed E-state index contributed by atoms with van der Waals surface area (Å²) in [7, 11) is -3.41. The van der Waals surface area contributed by atoms with Gasteiger partial charge in [0.25, 0.3) is 15.7 Å². The summed E-state index contributed by atoms with van der Waals surface area (Å²) in [5.41, 5.74) is 0.189. The Hall–Kier alpha value is -4.36. The molecule has 0 spiro atoms. The number of aryl methyl sites for hydroxylation is 1. The highest BCUT2D eigenvalue weighted by atomic mass is 35.5. The topological polar surface area (TPSA) is 139 Å². The van der Waals surface area contributed by atoms with Gasteiger partial charge in [-0.25, -0.2) is 8.42 Å². The van der Waals surface area contributed by atoms with Gasteiger partial charge in [-0.3, -0.25) is 24.0 Å². The molecule has 0 fully saturated rings. The van der Waals surface area contributed by atoms with Crippen LogP contribution >= 0.6 is 34.8 Å². The number of rotatable bonds is 13. The van der Waals surface area contributed by atoms with E-state index in [2.05, 4.69) is 5.32 Å². The van der Waals surface area contributed by atoms with E-state index in [1.165, 1.54) is 55.3 Å². The number of carbonyl (C=O) groups is 2. The number of nitrogens with zero attached hydrogens (tertiary/aromatic N) is 3. The standard InChI is InChI=1S/C36H37Cl3N4O7S/c1-23-11-15-28(20-30(23)43(46)47)51(48,49)42(31-19-27(38)14-16-33(31)50-5)22-34(44)41(21-25-12-13-26(37)18-29(25)39)32(35(45)40-36(2,3)4)17-24-9-7-6-8-10-24/h6-16,18-20,32H,17,21-22H2,1-5H3,(H,40,45)/t32-/m1/s1. The summed E-state index contributed by atoms with van der Waals surface area (Å²) in [6.07, 6.45) is 0.0666. The van der Waals surface area contributed by atoms with E-state index in [4.69, 9.17) is 39.5 Å². The number of ether oxygens (including phenoxy) is 1. The first-order valence-electron chi connectivity index (χ1n) is 15.6. The second-order valence-electron chi connectivity index (χ2n) is 12.7. The minimum Gasteiger partial charge on any atom is -0.495 e. The van der Waals surface area contributed by atoms with Crippen LogP contribution in [0.15, 0.2) is 89.8 Å². The number of carbonyl (C=O) groups excluding carboxylic acids is 2. The van der Waals surface area contributed by atoms with Gasteiger partial charge in [-0.15, -0.1) is 0 Å². The molecule has 0 bridgehead atoms. The van der Waals surface area contributed by atoms with Crippen molar-refractivity contribution >= 4 is 68.0 Å². The Morgan fingerprint density at radius 2 is 1.59 bits per heavy atom. The number of hydrogen-bond acceptors (Lipinski definition) is 7. The lowest BCUT2D eigenvalue weighted by Gasteiger charge is -2.35. The van der Waals surface area contributed by atoms with Crippen LogP contribution in [0, 0.1) is 17.0 Å². The third kappa shape index (κ3) is 9.91. The molecule has 0 aromatic heterocycles. The van der Waals surface area contributed by atoms with Crippen LogP contribution in [0.5, 0.6) is 5.75 Å². The van der Waals surface area contributed by atoms with E-state index in [1.807, 2.05) is 18.2 Å². The van der Waals surface area contributed by atoms with Gasteiger partial charge in [0.2, 0.25) is 11.8 Å². The van der Waals surface area contributed by atoms with Gasteiger partial charge in [-0.05, 0) is 75.2 Å². The first kappa shape index (κ1) is 39.4. The van der Waals surface area contributed by atoms with E-state index in [0.717, 1.165) is 15.9 Å². The third-order valence-electron chi connectivity index (χ3n) is 7.78. The number of nitro benzene ring substituents is 1. The Kier molecular flexibility index (Phi) is 12.6. The molecule has 0 aliphatic rings. The van der Waals surface area contributed by atoms with Crippen LogP contribution < -0.4 is 14.4 Å². The summed E-state index contributed by atoms with van der Waals surface area (Å²) in [5.74, 6) is -1.23. The van der Waals surface area contributed by atoms with E-state index in [0.29, 0.717) is 10.6 Å². The molecular weight excluding hydrogens is 739 g/mol. The first-order chi connectivity index (χ1) is 23.9. The van der Waals surface area contributed by atoms with Crippen LogP contribution in [0.3, 0.4) is 0 Å². The summed E-state index contributed by atoms with van der Waals surface area (Å²) < 4.78 is 35.3. The van der Waals surface area contributed by atoms with Crippen LogP contribution in [0.4, 0.5) is 11.4 Å². The molecule has 0 heterocycles. The van der Waals surface area contributed by atoms with Gasteiger partial charge in [0, 0.05) is 45.2 Å². The molecule has 15 heteroatoms. The molecule has 0 saturated carbocycles. The zero-order valence-corrected chi connectivity index (χ0v) is 31.6. The smallest absolute Gasteiger partial charge is 0.273 e. The van der Waals surface area contributed by atoms with Gasteiger partial charge in [-0.2, -0.15) is 0 Å². The van der Waals surface area contributed by atoms with Crippen LogP contribution in [0.25, 0.3) is 0 Å². The fourth-order valence-corrected chi connectivity index (χ4v) is 7.36. The zero-order chi connectivity index (χ0) is 37.7. The van der Waals surface area contributed by atoms with Crippen molar-refractivity contribution in [1.29, 1.82) is 0 Å². The van der Waals surface area contributed by atoms with Crippen molar-refractivity contribution in [3.05, 3.63) is 127 Å². The molecule has 0 radical (unpaired) electrons. The van der Waals surface area contributed by atoms with Crippen LogP contribution in [0.1, 0.15) is 37.5 Å². The Bertz CT molecular complexity index is 2040. The summed E-state index contributed by atoms with van der Waals surface area (Å²) in [5, 5.41) is 15.5. The summed E-state index contributed by atoms with van der Waals surface area (Å²) in [4.78, 5) is 40.8. The summed E-state index contributed by atoms with van der Waals surface area (Å²) in [6, 6.07) is 20.3. The fraction of sp³-hybridized carbons (Fsp3) is 0.278. The van der Waals surface area contributed by atoms with Gasteiger partial charge >= 0.3 is 0 Å². The van der Waals surface area contributed by atoms with E-state index in [-0.39, 0.29) is 40.0 Å². The number of sulfonamides is 1. The second-order valence-corrected chi connectivity index (χ2v) is 15.9. The quantitative estimate of drug-likeness (QED) is 0.109. The number of methoxy groups -OCH3 is 1. The van der Waals surface area contributed by atoms with Crippen LogP contribution in [0.2, 0.25) is 15.1 Å². The minimum atomic E-state index is -4.73. The van der Waals surface area contributed by atoms with Crippen molar-refractivity contribution in [2.24, 2.45) is 0 Å². The molecule has 4 rings (SSSR count). The predicted octanol–water partition coefficient (Wildman–Crippen LogP) is 7.62. The van der Waals surface area contributed by atoms with Crippen molar-refractivity contribution in [1.82, 2.24) is 10.2 Å².